The maximum atomic E-state index is 11.8. The maximum absolute atomic E-state index is 11.8. The lowest BCUT2D eigenvalue weighted by Gasteiger charge is -2.19. The topological polar surface area (TPSA) is 64.3 Å². The highest BCUT2D eigenvalue weighted by molar-refractivity contribution is 7.98. The van der Waals surface area contributed by atoms with Crippen LogP contribution < -0.4 is 15.8 Å². The molecule has 1 amide bonds. The number of ether oxygens (including phenoxy) is 1. The van der Waals surface area contributed by atoms with E-state index in [0.717, 1.165) is 16.1 Å². The number of para-hydroxylation sites is 2. The van der Waals surface area contributed by atoms with Crippen LogP contribution in [0.2, 0.25) is 0 Å². The van der Waals surface area contributed by atoms with Crippen molar-refractivity contribution in [3.63, 3.8) is 0 Å². The van der Waals surface area contributed by atoms with E-state index in [1.54, 1.807) is 18.9 Å². The van der Waals surface area contributed by atoms with E-state index in [1.165, 1.54) is 0 Å². The zero-order chi connectivity index (χ0) is 15.2. The molecule has 1 unspecified atom stereocenters. The summed E-state index contributed by atoms with van der Waals surface area (Å²) in [6, 6.07) is 14.6. The summed E-state index contributed by atoms with van der Waals surface area (Å²) >= 11 is 1.65. The number of benzene rings is 2. The molecule has 2 aromatic carbocycles. The number of hydrogen-bond acceptors (Lipinski definition) is 4. The Morgan fingerprint density at radius 3 is 2.43 bits per heavy atom. The molecule has 3 N–H and O–H groups in total. The predicted molar refractivity (Wildman–Crippen MR) is 86.8 cm³/mol. The van der Waals surface area contributed by atoms with Crippen LogP contribution in [-0.4, -0.2) is 19.3 Å². The molecule has 0 bridgehead atoms. The van der Waals surface area contributed by atoms with E-state index in [-0.39, 0.29) is 0 Å². The highest BCUT2D eigenvalue weighted by Gasteiger charge is 2.19. The predicted octanol–water partition coefficient (Wildman–Crippen LogP) is 3.06. The van der Waals surface area contributed by atoms with Crippen LogP contribution in [0.1, 0.15) is 11.6 Å². The van der Waals surface area contributed by atoms with Gasteiger partial charge in [0.25, 0.3) is 0 Å². The van der Waals surface area contributed by atoms with Gasteiger partial charge in [-0.25, -0.2) is 0 Å². The number of carbonyl (C=O) groups excluding carboxylic acids is 1. The molecule has 0 saturated carbocycles. The highest BCUT2D eigenvalue weighted by atomic mass is 32.2. The van der Waals surface area contributed by atoms with Crippen molar-refractivity contribution in [1.29, 1.82) is 0 Å². The lowest BCUT2D eigenvalue weighted by molar-refractivity contribution is -0.118. The van der Waals surface area contributed by atoms with Gasteiger partial charge >= 0.3 is 0 Å². The van der Waals surface area contributed by atoms with Crippen LogP contribution in [0.15, 0.2) is 53.4 Å². The van der Waals surface area contributed by atoms with Crippen LogP contribution in [-0.2, 0) is 4.79 Å². The molecule has 0 aromatic heterocycles. The molecule has 0 spiro atoms. The average molecular weight is 302 g/mol. The largest absolute Gasteiger partial charge is 0.495 e. The third-order valence-electron chi connectivity index (χ3n) is 3.14. The summed E-state index contributed by atoms with van der Waals surface area (Å²) in [7, 11) is 1.59. The summed E-state index contributed by atoms with van der Waals surface area (Å²) < 4.78 is 5.28. The maximum Gasteiger partial charge on any atom is 0.244 e. The van der Waals surface area contributed by atoms with Gasteiger partial charge in [0, 0.05) is 4.90 Å². The molecule has 5 heteroatoms. The minimum Gasteiger partial charge on any atom is -0.495 e. The van der Waals surface area contributed by atoms with Gasteiger partial charge in [-0.1, -0.05) is 24.3 Å². The second-order valence-electron chi connectivity index (χ2n) is 4.45. The molecule has 0 heterocycles. The van der Waals surface area contributed by atoms with Crippen LogP contribution in [0.3, 0.4) is 0 Å². The number of nitrogens with two attached hydrogens (primary N) is 1. The van der Waals surface area contributed by atoms with Crippen molar-refractivity contribution in [2.45, 2.75) is 10.9 Å². The Kier molecular flexibility index (Phi) is 5.11. The zero-order valence-electron chi connectivity index (χ0n) is 12.0. The normalized spacial score (nSPS) is 11.7. The molecule has 1 atom stereocenters. The van der Waals surface area contributed by atoms with Gasteiger partial charge < -0.3 is 15.8 Å². The quantitative estimate of drug-likeness (QED) is 0.805. The Balaban J connectivity index is 2.28. The third kappa shape index (κ3) is 3.70. The molecule has 0 radical (unpaired) electrons. The van der Waals surface area contributed by atoms with Crippen molar-refractivity contribution >= 4 is 23.4 Å². The number of hydrogen-bond donors (Lipinski definition) is 2. The monoisotopic (exact) mass is 302 g/mol. The lowest BCUT2D eigenvalue weighted by Crippen LogP contribution is -2.27. The number of rotatable bonds is 6. The molecule has 21 heavy (non-hydrogen) atoms. The Morgan fingerprint density at radius 1 is 1.19 bits per heavy atom. The summed E-state index contributed by atoms with van der Waals surface area (Å²) in [5.41, 5.74) is 7.09. The fourth-order valence-corrected chi connectivity index (χ4v) is 2.44. The van der Waals surface area contributed by atoms with E-state index in [1.807, 2.05) is 54.8 Å². The highest BCUT2D eigenvalue weighted by Crippen LogP contribution is 2.28. The van der Waals surface area contributed by atoms with Crippen molar-refractivity contribution < 1.29 is 9.53 Å². The van der Waals surface area contributed by atoms with Crippen molar-refractivity contribution in [1.82, 2.24) is 0 Å². The van der Waals surface area contributed by atoms with Crippen LogP contribution >= 0.6 is 11.8 Å². The van der Waals surface area contributed by atoms with Crippen LogP contribution in [0.5, 0.6) is 5.75 Å². The summed E-state index contributed by atoms with van der Waals surface area (Å²) in [6.45, 7) is 0. The van der Waals surface area contributed by atoms with E-state index in [2.05, 4.69) is 5.32 Å². The first kappa shape index (κ1) is 15.3. The molecule has 2 rings (SSSR count). The van der Waals surface area contributed by atoms with Crippen LogP contribution in [0.25, 0.3) is 0 Å². The Labute approximate surface area is 128 Å². The summed E-state index contributed by atoms with van der Waals surface area (Å²) in [4.78, 5) is 12.9. The molecule has 0 aliphatic heterocycles. The van der Waals surface area contributed by atoms with Crippen molar-refractivity contribution in [2.24, 2.45) is 5.73 Å². The Bertz CT molecular complexity index is 614. The van der Waals surface area contributed by atoms with E-state index < -0.39 is 11.9 Å². The molecule has 0 aliphatic rings. The smallest absolute Gasteiger partial charge is 0.244 e. The standard InChI is InChI=1S/C16H18N2O2S/c1-20-14-6-4-3-5-13(14)18-15(16(17)19)11-7-9-12(21-2)10-8-11/h3-10,15,18H,1-2H3,(H2,17,19). The number of anilines is 1. The molecule has 2 aromatic rings. The van der Waals surface area contributed by atoms with Crippen LogP contribution in [0, 0.1) is 0 Å². The van der Waals surface area contributed by atoms with Gasteiger partial charge in [-0.15, -0.1) is 11.8 Å². The summed E-state index contributed by atoms with van der Waals surface area (Å²) in [6.07, 6.45) is 2.01. The fraction of sp³-hybridized carbons (Fsp3) is 0.188. The second kappa shape index (κ2) is 7.04. The minimum absolute atomic E-state index is 0.433. The minimum atomic E-state index is -0.600. The molecule has 110 valence electrons. The van der Waals surface area contributed by atoms with Gasteiger partial charge in [-0.05, 0) is 36.1 Å². The van der Waals surface area contributed by atoms with Gasteiger partial charge in [0.2, 0.25) is 5.91 Å². The summed E-state index contributed by atoms with van der Waals surface area (Å²) in [5.74, 6) is 0.238. The van der Waals surface area contributed by atoms with E-state index in [9.17, 15) is 4.79 Å². The fourth-order valence-electron chi connectivity index (χ4n) is 2.03. The molecular formula is C16H18N2O2S. The Hall–Kier alpha value is -2.14. The zero-order valence-corrected chi connectivity index (χ0v) is 12.8. The number of primary amides is 1. The number of carbonyl (C=O) groups is 1. The first-order valence-corrected chi connectivity index (χ1v) is 7.71. The number of nitrogens with one attached hydrogen (secondary N) is 1. The van der Waals surface area contributed by atoms with E-state index in [0.29, 0.717) is 5.75 Å². The van der Waals surface area contributed by atoms with Gasteiger partial charge in [0.1, 0.15) is 11.8 Å². The van der Waals surface area contributed by atoms with E-state index in [4.69, 9.17) is 10.5 Å². The molecule has 0 saturated heterocycles. The molecule has 4 nitrogen and oxygen atoms in total. The van der Waals surface area contributed by atoms with Gasteiger partial charge in [0.15, 0.2) is 0 Å². The third-order valence-corrected chi connectivity index (χ3v) is 3.88. The SMILES string of the molecule is COc1ccccc1NC(C(N)=O)c1ccc(SC)cc1. The van der Waals surface area contributed by atoms with Crippen molar-refractivity contribution in [3.8, 4) is 5.75 Å². The van der Waals surface area contributed by atoms with Crippen LogP contribution in [0.4, 0.5) is 5.69 Å². The first-order valence-electron chi connectivity index (χ1n) is 6.48. The van der Waals surface area contributed by atoms with Gasteiger partial charge in [-0.2, -0.15) is 0 Å². The number of amides is 1. The molecular weight excluding hydrogens is 284 g/mol. The van der Waals surface area contributed by atoms with E-state index >= 15 is 0 Å². The number of methoxy groups -OCH3 is 1. The van der Waals surface area contributed by atoms with Gasteiger partial charge in [-0.3, -0.25) is 4.79 Å². The Morgan fingerprint density at radius 2 is 1.86 bits per heavy atom. The average Bonchev–Trinajstić information content (AvgIpc) is 2.53. The molecule has 0 aliphatic carbocycles. The number of thioether (sulfide) groups is 1. The first-order chi connectivity index (χ1) is 10.2. The van der Waals surface area contributed by atoms with Crippen molar-refractivity contribution in [3.05, 3.63) is 54.1 Å². The lowest BCUT2D eigenvalue weighted by atomic mass is 10.1. The molecule has 0 fully saturated rings. The van der Waals surface area contributed by atoms with Crippen molar-refractivity contribution in [2.75, 3.05) is 18.7 Å². The summed E-state index contributed by atoms with van der Waals surface area (Å²) in [5, 5.41) is 3.15. The second-order valence-corrected chi connectivity index (χ2v) is 5.33. The van der Waals surface area contributed by atoms with Gasteiger partial charge in [0.05, 0.1) is 12.8 Å².